The number of allylic oxidation sites excluding steroid dienone is 1. The van der Waals surface area contributed by atoms with Crippen LogP contribution < -0.4 is 0 Å². The molecule has 0 aromatic carbocycles. The zero-order valence-corrected chi connectivity index (χ0v) is 17.4. The van der Waals surface area contributed by atoms with Crippen molar-refractivity contribution >= 4 is 5.97 Å². The van der Waals surface area contributed by atoms with E-state index in [1.54, 1.807) is 0 Å². The first-order valence-corrected chi connectivity index (χ1v) is 11.3. The molecule has 152 valence electrons. The van der Waals surface area contributed by atoms with Gasteiger partial charge in [0.1, 0.15) is 0 Å². The lowest BCUT2D eigenvalue weighted by Crippen LogP contribution is -2.52. The number of fused-ring (bicyclic) bond motifs is 5. The average Bonchev–Trinajstić information content (AvgIpc) is 2.97. The number of carbonyl (C=O) groups is 1. The van der Waals surface area contributed by atoms with E-state index >= 15 is 0 Å². The Hall–Kier alpha value is -0.830. The van der Waals surface area contributed by atoms with Crippen molar-refractivity contribution in [1.82, 2.24) is 0 Å². The maximum Gasteiger partial charge on any atom is 0.303 e. The first-order chi connectivity index (χ1) is 12.8. The summed E-state index contributed by atoms with van der Waals surface area (Å²) in [5, 5.41) is 19.2. The fourth-order valence-corrected chi connectivity index (χ4v) is 8.32. The van der Waals surface area contributed by atoms with Gasteiger partial charge in [0.05, 0.1) is 6.10 Å². The minimum absolute atomic E-state index is 0.237. The summed E-state index contributed by atoms with van der Waals surface area (Å²) in [5.41, 5.74) is 0.677. The van der Waals surface area contributed by atoms with E-state index in [4.69, 9.17) is 5.11 Å². The second kappa shape index (κ2) is 6.90. The minimum Gasteiger partial charge on any atom is -0.481 e. The molecule has 0 unspecified atom stereocenters. The van der Waals surface area contributed by atoms with E-state index in [0.29, 0.717) is 29.6 Å². The molecule has 0 bridgehead atoms. The van der Waals surface area contributed by atoms with Crippen molar-refractivity contribution in [3.8, 4) is 0 Å². The summed E-state index contributed by atoms with van der Waals surface area (Å²) >= 11 is 0. The maximum absolute atomic E-state index is 11.0. The normalized spacial score (nSPS) is 49.8. The molecular formula is C24H38O3. The third-order valence-corrected chi connectivity index (χ3v) is 9.74. The van der Waals surface area contributed by atoms with Crippen LogP contribution in [-0.4, -0.2) is 22.3 Å². The summed E-state index contributed by atoms with van der Waals surface area (Å²) in [7, 11) is 0. The molecule has 2 N–H and O–H groups in total. The monoisotopic (exact) mass is 374 g/mol. The molecule has 0 heterocycles. The molecule has 27 heavy (non-hydrogen) atoms. The van der Waals surface area contributed by atoms with Gasteiger partial charge < -0.3 is 10.2 Å². The van der Waals surface area contributed by atoms with E-state index in [1.165, 1.54) is 38.5 Å². The van der Waals surface area contributed by atoms with E-state index in [2.05, 4.69) is 32.9 Å². The molecule has 4 rings (SSSR count). The fourth-order valence-electron chi connectivity index (χ4n) is 8.32. The van der Waals surface area contributed by atoms with E-state index in [-0.39, 0.29) is 11.5 Å². The van der Waals surface area contributed by atoms with Crippen molar-refractivity contribution in [3.63, 3.8) is 0 Å². The molecule has 0 spiro atoms. The SMILES string of the molecule is C[C@H](CCC(=O)O)[C@H]1CC[C@H]2[C@@H]3CC[C@@H]4C[C@H](O)C=C[C@]4(C)[C@H]3CC[C@]12C. The van der Waals surface area contributed by atoms with Crippen molar-refractivity contribution in [2.45, 2.75) is 84.7 Å². The highest BCUT2D eigenvalue weighted by Gasteiger charge is 2.59. The van der Waals surface area contributed by atoms with Gasteiger partial charge >= 0.3 is 5.97 Å². The van der Waals surface area contributed by atoms with E-state index in [1.807, 2.05) is 0 Å². The van der Waals surface area contributed by atoms with E-state index in [0.717, 1.165) is 30.6 Å². The van der Waals surface area contributed by atoms with Crippen molar-refractivity contribution in [3.05, 3.63) is 12.2 Å². The number of carboxylic acids is 1. The first-order valence-electron chi connectivity index (χ1n) is 11.3. The van der Waals surface area contributed by atoms with Gasteiger partial charge in [0.15, 0.2) is 0 Å². The molecule has 0 saturated heterocycles. The zero-order chi connectivity index (χ0) is 19.4. The van der Waals surface area contributed by atoms with E-state index < -0.39 is 5.97 Å². The largest absolute Gasteiger partial charge is 0.481 e. The Kier molecular flexibility index (Phi) is 4.98. The Morgan fingerprint density at radius 2 is 1.93 bits per heavy atom. The third-order valence-electron chi connectivity index (χ3n) is 9.74. The van der Waals surface area contributed by atoms with Crippen LogP contribution in [0, 0.1) is 46.3 Å². The molecule has 3 nitrogen and oxygen atoms in total. The van der Waals surface area contributed by atoms with Gasteiger partial charge in [-0.1, -0.05) is 32.9 Å². The molecule has 4 aliphatic rings. The van der Waals surface area contributed by atoms with Crippen LogP contribution in [0.2, 0.25) is 0 Å². The van der Waals surface area contributed by atoms with Crippen LogP contribution in [0.3, 0.4) is 0 Å². The van der Waals surface area contributed by atoms with Gasteiger partial charge in [-0.15, -0.1) is 0 Å². The molecule has 0 radical (unpaired) electrons. The lowest BCUT2D eigenvalue weighted by Gasteiger charge is -2.59. The standard InChI is InChI=1S/C24H38O3/c1-15(4-9-22(26)27)19-7-8-20-18-6-5-16-14-17(25)10-12-23(16,2)21(18)11-13-24(19,20)3/h10,12,15-21,25H,4-9,11,13-14H2,1-3H3,(H,26,27)/t15-,16-,17-,18+,19-,20+,21+,23+,24-/m1/s1. The Morgan fingerprint density at radius 1 is 1.15 bits per heavy atom. The first kappa shape index (κ1) is 19.5. The number of hydrogen-bond acceptors (Lipinski definition) is 2. The van der Waals surface area contributed by atoms with Gasteiger partial charge in [-0.3, -0.25) is 4.79 Å². The van der Waals surface area contributed by atoms with E-state index in [9.17, 15) is 9.90 Å². The molecule has 3 fully saturated rings. The van der Waals surface area contributed by atoms with Crippen molar-refractivity contribution < 1.29 is 15.0 Å². The fraction of sp³-hybridized carbons (Fsp3) is 0.875. The summed E-state index contributed by atoms with van der Waals surface area (Å²) in [6.45, 7) is 7.32. The summed E-state index contributed by atoms with van der Waals surface area (Å²) in [6.07, 6.45) is 14.2. The van der Waals surface area contributed by atoms with Gasteiger partial charge in [0.2, 0.25) is 0 Å². The highest BCUT2D eigenvalue weighted by atomic mass is 16.4. The van der Waals surface area contributed by atoms with Crippen molar-refractivity contribution in [2.24, 2.45) is 46.3 Å². The predicted molar refractivity (Wildman–Crippen MR) is 107 cm³/mol. The van der Waals surface area contributed by atoms with Crippen molar-refractivity contribution in [2.75, 3.05) is 0 Å². The highest BCUT2D eigenvalue weighted by molar-refractivity contribution is 5.66. The number of aliphatic hydroxyl groups excluding tert-OH is 1. The lowest BCUT2D eigenvalue weighted by atomic mass is 9.45. The Bertz CT molecular complexity index is 613. The lowest BCUT2D eigenvalue weighted by molar-refractivity contribution is -0.137. The molecule has 0 aromatic heterocycles. The number of aliphatic carboxylic acids is 1. The predicted octanol–water partition coefficient (Wildman–Crippen LogP) is 5.28. The summed E-state index contributed by atoms with van der Waals surface area (Å²) < 4.78 is 0. The highest BCUT2D eigenvalue weighted by Crippen LogP contribution is 2.67. The Labute approximate surface area is 164 Å². The van der Waals surface area contributed by atoms with Crippen LogP contribution in [0.5, 0.6) is 0 Å². The topological polar surface area (TPSA) is 57.5 Å². The third kappa shape index (κ3) is 3.09. The summed E-state index contributed by atoms with van der Waals surface area (Å²) in [5.74, 6) is 3.61. The van der Waals surface area contributed by atoms with Crippen LogP contribution in [-0.2, 0) is 4.79 Å². The zero-order valence-electron chi connectivity index (χ0n) is 17.4. The molecule has 9 atom stereocenters. The molecule has 0 aromatic rings. The van der Waals surface area contributed by atoms with Gasteiger partial charge in [-0.25, -0.2) is 0 Å². The molecule has 0 aliphatic heterocycles. The Balaban J connectivity index is 1.54. The number of aliphatic hydroxyl groups is 1. The quantitative estimate of drug-likeness (QED) is 0.658. The average molecular weight is 375 g/mol. The van der Waals surface area contributed by atoms with Crippen LogP contribution in [0.4, 0.5) is 0 Å². The summed E-state index contributed by atoms with van der Waals surface area (Å²) in [6, 6.07) is 0. The smallest absolute Gasteiger partial charge is 0.303 e. The molecule has 0 amide bonds. The summed E-state index contributed by atoms with van der Waals surface area (Å²) in [4.78, 5) is 11.0. The number of hydrogen-bond donors (Lipinski definition) is 2. The van der Waals surface area contributed by atoms with Crippen LogP contribution >= 0.6 is 0 Å². The van der Waals surface area contributed by atoms with Gasteiger partial charge in [-0.05, 0) is 97.7 Å². The van der Waals surface area contributed by atoms with Gasteiger partial charge in [0, 0.05) is 6.42 Å². The molecule has 3 saturated carbocycles. The minimum atomic E-state index is -0.650. The van der Waals surface area contributed by atoms with Gasteiger partial charge in [-0.2, -0.15) is 0 Å². The second-order valence-corrected chi connectivity index (χ2v) is 10.8. The molecule has 3 heteroatoms. The number of carboxylic acid groups (broad SMARTS) is 1. The maximum atomic E-state index is 11.0. The van der Waals surface area contributed by atoms with Crippen LogP contribution in [0.15, 0.2) is 12.2 Å². The molecule has 4 aliphatic carbocycles. The second-order valence-electron chi connectivity index (χ2n) is 10.8. The molecular weight excluding hydrogens is 336 g/mol. The van der Waals surface area contributed by atoms with Crippen molar-refractivity contribution in [1.29, 1.82) is 0 Å². The Morgan fingerprint density at radius 3 is 2.67 bits per heavy atom. The van der Waals surface area contributed by atoms with Crippen LogP contribution in [0.1, 0.15) is 78.6 Å². The van der Waals surface area contributed by atoms with Gasteiger partial charge in [0.25, 0.3) is 0 Å². The van der Waals surface area contributed by atoms with Crippen LogP contribution in [0.25, 0.3) is 0 Å². The number of rotatable bonds is 4.